The van der Waals surface area contributed by atoms with Gasteiger partial charge in [-0.3, -0.25) is 4.90 Å². The van der Waals surface area contributed by atoms with Crippen LogP contribution < -0.4 is 10.1 Å². The summed E-state index contributed by atoms with van der Waals surface area (Å²) in [5.74, 6) is 1.55. The minimum atomic E-state index is 0.490. The van der Waals surface area contributed by atoms with Gasteiger partial charge in [0.1, 0.15) is 18.2 Å². The Labute approximate surface area is 207 Å². The standard InChI is InChI=1S/C27H31Cl2N3O/c1-19(2)32(20(3)4)16-17-33-24-13-10-22(11-14-24)30-27(21-8-6-5-7-9-21)31-23-12-15-25(28)26(29)18-23/h5-15,18-20H,16-17H2,1-4H3,(H,30,31). The third kappa shape index (κ3) is 7.50. The van der Waals surface area contributed by atoms with Gasteiger partial charge in [0.05, 0.1) is 15.7 Å². The van der Waals surface area contributed by atoms with E-state index in [1.54, 1.807) is 12.1 Å². The highest BCUT2D eigenvalue weighted by molar-refractivity contribution is 6.42. The van der Waals surface area contributed by atoms with E-state index in [9.17, 15) is 0 Å². The highest BCUT2D eigenvalue weighted by atomic mass is 35.5. The molecular formula is C27H31Cl2N3O. The molecule has 0 unspecified atom stereocenters. The Morgan fingerprint density at radius 3 is 2.15 bits per heavy atom. The fourth-order valence-electron chi connectivity index (χ4n) is 3.60. The van der Waals surface area contributed by atoms with Crippen LogP contribution in [0, 0.1) is 0 Å². The minimum Gasteiger partial charge on any atom is -0.492 e. The number of hydrogen-bond donors (Lipinski definition) is 1. The minimum absolute atomic E-state index is 0.490. The third-order valence-electron chi connectivity index (χ3n) is 5.25. The maximum absolute atomic E-state index is 6.19. The summed E-state index contributed by atoms with van der Waals surface area (Å²) in [5.41, 5.74) is 2.60. The van der Waals surface area contributed by atoms with E-state index < -0.39 is 0 Å². The summed E-state index contributed by atoms with van der Waals surface area (Å²) in [6.07, 6.45) is 0. The summed E-state index contributed by atoms with van der Waals surface area (Å²) in [6.45, 7) is 10.4. The molecule has 4 nitrogen and oxygen atoms in total. The van der Waals surface area contributed by atoms with E-state index in [4.69, 9.17) is 32.9 Å². The molecule has 174 valence electrons. The Morgan fingerprint density at radius 1 is 0.879 bits per heavy atom. The van der Waals surface area contributed by atoms with Gasteiger partial charge < -0.3 is 10.1 Å². The summed E-state index contributed by atoms with van der Waals surface area (Å²) in [7, 11) is 0. The first-order valence-electron chi connectivity index (χ1n) is 11.2. The molecule has 3 aromatic rings. The van der Waals surface area contributed by atoms with Crippen LogP contribution >= 0.6 is 23.2 Å². The van der Waals surface area contributed by atoms with Crippen LogP contribution in [0.5, 0.6) is 5.75 Å². The van der Waals surface area contributed by atoms with E-state index in [2.05, 4.69) is 37.9 Å². The molecule has 0 aliphatic carbocycles. The lowest BCUT2D eigenvalue weighted by atomic mass is 10.2. The van der Waals surface area contributed by atoms with E-state index in [0.29, 0.717) is 34.6 Å². The zero-order valence-electron chi connectivity index (χ0n) is 19.6. The van der Waals surface area contributed by atoms with Crippen LogP contribution in [-0.4, -0.2) is 36.0 Å². The molecule has 0 aliphatic rings. The fourth-order valence-corrected chi connectivity index (χ4v) is 3.90. The van der Waals surface area contributed by atoms with Crippen LogP contribution in [0.4, 0.5) is 11.4 Å². The number of anilines is 1. The molecule has 0 bridgehead atoms. The molecule has 0 saturated carbocycles. The van der Waals surface area contributed by atoms with Crippen LogP contribution in [0.1, 0.15) is 33.3 Å². The highest BCUT2D eigenvalue weighted by Crippen LogP contribution is 2.26. The van der Waals surface area contributed by atoms with Gasteiger partial charge in [-0.25, -0.2) is 4.99 Å². The van der Waals surface area contributed by atoms with Crippen molar-refractivity contribution in [2.75, 3.05) is 18.5 Å². The molecule has 3 aromatic carbocycles. The van der Waals surface area contributed by atoms with E-state index in [1.807, 2.05) is 60.7 Å². The van der Waals surface area contributed by atoms with E-state index in [0.717, 1.165) is 29.2 Å². The topological polar surface area (TPSA) is 36.9 Å². The number of ether oxygens (including phenoxy) is 1. The maximum Gasteiger partial charge on any atom is 0.138 e. The molecule has 0 atom stereocenters. The first-order chi connectivity index (χ1) is 15.8. The second kappa shape index (κ2) is 12.1. The van der Waals surface area contributed by atoms with Crippen LogP contribution in [0.2, 0.25) is 10.0 Å². The van der Waals surface area contributed by atoms with Crippen LogP contribution in [-0.2, 0) is 0 Å². The highest BCUT2D eigenvalue weighted by Gasteiger charge is 2.13. The van der Waals surface area contributed by atoms with Gasteiger partial charge in [0.25, 0.3) is 0 Å². The average molecular weight is 484 g/mol. The Balaban J connectivity index is 1.73. The smallest absolute Gasteiger partial charge is 0.138 e. The van der Waals surface area contributed by atoms with Crippen molar-refractivity contribution in [2.45, 2.75) is 39.8 Å². The van der Waals surface area contributed by atoms with Crippen LogP contribution in [0.15, 0.2) is 77.8 Å². The molecule has 0 saturated heterocycles. The Kier molecular flexibility index (Phi) is 9.19. The Morgan fingerprint density at radius 2 is 1.55 bits per heavy atom. The summed E-state index contributed by atoms with van der Waals surface area (Å²) in [4.78, 5) is 7.25. The lowest BCUT2D eigenvalue weighted by Gasteiger charge is -2.30. The number of aliphatic imine (C=N–C) groups is 1. The Hall–Kier alpha value is -2.53. The van der Waals surface area contributed by atoms with Gasteiger partial charge in [-0.1, -0.05) is 53.5 Å². The van der Waals surface area contributed by atoms with Crippen molar-refractivity contribution in [3.8, 4) is 5.75 Å². The molecule has 0 aromatic heterocycles. The van der Waals surface area contributed by atoms with E-state index in [1.165, 1.54) is 0 Å². The van der Waals surface area contributed by atoms with Crippen molar-refractivity contribution in [2.24, 2.45) is 4.99 Å². The number of nitrogens with zero attached hydrogens (tertiary/aromatic N) is 2. The maximum atomic E-state index is 6.19. The molecule has 0 aliphatic heterocycles. The van der Waals surface area contributed by atoms with Gasteiger partial charge in [-0.2, -0.15) is 0 Å². The first-order valence-corrected chi connectivity index (χ1v) is 11.9. The lowest BCUT2D eigenvalue weighted by Crippen LogP contribution is -2.39. The Bertz CT molecular complexity index is 1040. The van der Waals surface area contributed by atoms with Crippen molar-refractivity contribution >= 4 is 40.4 Å². The second-order valence-corrected chi connectivity index (χ2v) is 9.16. The van der Waals surface area contributed by atoms with Gasteiger partial charge in [0.15, 0.2) is 0 Å². The van der Waals surface area contributed by atoms with E-state index in [-0.39, 0.29) is 0 Å². The van der Waals surface area contributed by atoms with Crippen molar-refractivity contribution in [1.82, 2.24) is 4.90 Å². The van der Waals surface area contributed by atoms with Crippen molar-refractivity contribution in [1.29, 1.82) is 0 Å². The number of hydrogen-bond acceptors (Lipinski definition) is 3. The summed E-state index contributed by atoms with van der Waals surface area (Å²) >= 11 is 12.2. The van der Waals surface area contributed by atoms with E-state index >= 15 is 0 Å². The average Bonchev–Trinajstić information content (AvgIpc) is 2.80. The zero-order valence-corrected chi connectivity index (χ0v) is 21.1. The van der Waals surface area contributed by atoms with Gasteiger partial charge >= 0.3 is 0 Å². The zero-order chi connectivity index (χ0) is 23.8. The molecule has 6 heteroatoms. The predicted molar refractivity (Wildman–Crippen MR) is 142 cm³/mol. The molecule has 0 fully saturated rings. The van der Waals surface area contributed by atoms with Crippen LogP contribution in [0.3, 0.4) is 0 Å². The lowest BCUT2D eigenvalue weighted by molar-refractivity contribution is 0.142. The van der Waals surface area contributed by atoms with Crippen molar-refractivity contribution in [3.05, 3.63) is 88.4 Å². The summed E-state index contributed by atoms with van der Waals surface area (Å²) < 4.78 is 5.97. The van der Waals surface area contributed by atoms with Gasteiger partial charge in [-0.05, 0) is 70.2 Å². The normalized spacial score (nSPS) is 12.0. The quantitative estimate of drug-likeness (QED) is 0.250. The molecular weight excluding hydrogens is 453 g/mol. The monoisotopic (exact) mass is 483 g/mol. The molecule has 3 rings (SSSR count). The largest absolute Gasteiger partial charge is 0.492 e. The van der Waals surface area contributed by atoms with Crippen LogP contribution in [0.25, 0.3) is 0 Å². The fraction of sp³-hybridized carbons (Fsp3) is 0.296. The molecule has 0 amide bonds. The predicted octanol–water partition coefficient (Wildman–Crippen LogP) is 7.68. The number of halogens is 2. The number of benzene rings is 3. The van der Waals surface area contributed by atoms with Gasteiger partial charge in [0, 0.05) is 29.9 Å². The van der Waals surface area contributed by atoms with Crippen molar-refractivity contribution < 1.29 is 4.74 Å². The van der Waals surface area contributed by atoms with Gasteiger partial charge in [0.2, 0.25) is 0 Å². The first kappa shape index (κ1) is 25.1. The SMILES string of the molecule is CC(C)N(CCOc1ccc(N=C(Nc2ccc(Cl)c(Cl)c2)c2ccccc2)cc1)C(C)C. The number of amidine groups is 1. The third-order valence-corrected chi connectivity index (χ3v) is 5.99. The molecule has 33 heavy (non-hydrogen) atoms. The molecule has 0 heterocycles. The molecule has 0 radical (unpaired) electrons. The van der Waals surface area contributed by atoms with Crippen molar-refractivity contribution in [3.63, 3.8) is 0 Å². The summed E-state index contributed by atoms with van der Waals surface area (Å²) in [6, 6.07) is 24.2. The second-order valence-electron chi connectivity index (χ2n) is 8.35. The molecule has 0 spiro atoms. The summed E-state index contributed by atoms with van der Waals surface area (Å²) in [5, 5.41) is 4.37. The number of rotatable bonds is 9. The van der Waals surface area contributed by atoms with Gasteiger partial charge in [-0.15, -0.1) is 0 Å². The molecule has 1 N–H and O–H groups in total. The number of nitrogens with one attached hydrogen (secondary N) is 1.